The van der Waals surface area contributed by atoms with Gasteiger partial charge in [-0.2, -0.15) is 5.10 Å². The van der Waals surface area contributed by atoms with E-state index in [0.29, 0.717) is 19.5 Å². The molecule has 0 radical (unpaired) electrons. The topological polar surface area (TPSA) is 84.6 Å². The molecule has 0 unspecified atom stereocenters. The third-order valence-electron chi connectivity index (χ3n) is 5.78. The van der Waals surface area contributed by atoms with Crippen molar-refractivity contribution in [2.75, 3.05) is 6.54 Å². The molecule has 29 heavy (non-hydrogen) atoms. The van der Waals surface area contributed by atoms with Crippen LogP contribution in [-0.2, 0) is 37.8 Å². The summed E-state index contributed by atoms with van der Waals surface area (Å²) in [6, 6.07) is 8.08. The predicted molar refractivity (Wildman–Crippen MR) is 109 cm³/mol. The molecular weight excluding hydrogens is 366 g/mol. The van der Waals surface area contributed by atoms with Crippen molar-refractivity contribution in [3.63, 3.8) is 0 Å². The molecule has 0 saturated carbocycles. The van der Waals surface area contributed by atoms with E-state index in [4.69, 9.17) is 5.10 Å². The lowest BCUT2D eigenvalue weighted by molar-refractivity contribution is -0.131. The van der Waals surface area contributed by atoms with E-state index in [1.165, 1.54) is 5.69 Å². The van der Waals surface area contributed by atoms with Crippen molar-refractivity contribution in [3.8, 4) is 11.5 Å². The van der Waals surface area contributed by atoms with Crippen molar-refractivity contribution in [2.24, 2.45) is 7.05 Å². The smallest absolute Gasteiger partial charge is 0.227 e. The summed E-state index contributed by atoms with van der Waals surface area (Å²) in [5, 5.41) is 14.1. The van der Waals surface area contributed by atoms with E-state index in [2.05, 4.69) is 28.2 Å². The number of hydrogen-bond acceptors (Lipinski definition) is 4. The van der Waals surface area contributed by atoms with Crippen LogP contribution < -0.4 is 0 Å². The molecule has 4 heterocycles. The number of aromatic nitrogens is 6. The monoisotopic (exact) mass is 389 g/mol. The van der Waals surface area contributed by atoms with Gasteiger partial charge in [0, 0.05) is 61.5 Å². The maximum Gasteiger partial charge on any atom is 0.227 e. The Labute approximate surface area is 168 Å². The lowest BCUT2D eigenvalue weighted by Crippen LogP contribution is -2.37. The van der Waals surface area contributed by atoms with E-state index in [1.807, 2.05) is 45.6 Å². The number of amides is 1. The maximum absolute atomic E-state index is 13.1. The highest BCUT2D eigenvalue weighted by atomic mass is 16.2. The fraction of sp³-hybridized carbons (Fsp3) is 0.333. The van der Waals surface area contributed by atoms with Crippen LogP contribution >= 0.6 is 0 Å². The molecular formula is C21H23N7O. The van der Waals surface area contributed by atoms with Gasteiger partial charge >= 0.3 is 0 Å². The van der Waals surface area contributed by atoms with Gasteiger partial charge in [0.05, 0.1) is 6.42 Å². The number of H-pyrrole nitrogens is 1. The Bertz CT molecular complexity index is 1200. The number of aromatic amines is 1. The summed E-state index contributed by atoms with van der Waals surface area (Å²) >= 11 is 0. The molecule has 1 aliphatic heterocycles. The average Bonchev–Trinajstić information content (AvgIpc) is 3.45. The largest absolute Gasteiger partial charge is 0.361 e. The molecule has 1 aliphatic rings. The summed E-state index contributed by atoms with van der Waals surface area (Å²) in [5.41, 5.74) is 5.17. The van der Waals surface area contributed by atoms with Crippen molar-refractivity contribution >= 4 is 16.8 Å². The van der Waals surface area contributed by atoms with Crippen molar-refractivity contribution in [1.29, 1.82) is 0 Å². The predicted octanol–water partition coefficient (Wildman–Crippen LogP) is 2.31. The Morgan fingerprint density at radius 2 is 2.14 bits per heavy atom. The number of nitrogens with zero attached hydrogens (tertiary/aromatic N) is 6. The van der Waals surface area contributed by atoms with E-state index >= 15 is 0 Å². The van der Waals surface area contributed by atoms with Gasteiger partial charge in [-0.15, -0.1) is 10.2 Å². The van der Waals surface area contributed by atoms with Crippen LogP contribution in [-0.4, -0.2) is 46.9 Å². The van der Waals surface area contributed by atoms with E-state index in [9.17, 15) is 4.79 Å². The molecule has 0 atom stereocenters. The van der Waals surface area contributed by atoms with Gasteiger partial charge < -0.3 is 14.5 Å². The second-order valence-electron chi connectivity index (χ2n) is 7.44. The number of para-hydroxylation sites is 1. The van der Waals surface area contributed by atoms with Crippen LogP contribution in [0.25, 0.3) is 22.4 Å². The highest BCUT2D eigenvalue weighted by Crippen LogP contribution is 2.29. The van der Waals surface area contributed by atoms with Crippen LogP contribution in [0, 0.1) is 0 Å². The summed E-state index contributed by atoms with van der Waals surface area (Å²) in [6.45, 7) is 4.08. The molecule has 0 saturated heterocycles. The first-order valence-corrected chi connectivity index (χ1v) is 9.91. The van der Waals surface area contributed by atoms with Crippen LogP contribution in [0.4, 0.5) is 0 Å². The van der Waals surface area contributed by atoms with E-state index < -0.39 is 0 Å². The minimum Gasteiger partial charge on any atom is -0.361 e. The zero-order valence-electron chi connectivity index (χ0n) is 16.6. The number of nitrogens with one attached hydrogen (secondary N) is 1. The molecule has 3 aromatic heterocycles. The Hall–Kier alpha value is -3.42. The molecule has 1 amide bonds. The van der Waals surface area contributed by atoms with Gasteiger partial charge in [0.1, 0.15) is 12.0 Å². The molecule has 0 fully saturated rings. The van der Waals surface area contributed by atoms with E-state index in [0.717, 1.165) is 46.5 Å². The van der Waals surface area contributed by atoms with Crippen molar-refractivity contribution in [3.05, 3.63) is 53.6 Å². The van der Waals surface area contributed by atoms with Gasteiger partial charge in [-0.25, -0.2) is 0 Å². The molecule has 1 aromatic carbocycles. The molecule has 0 bridgehead atoms. The van der Waals surface area contributed by atoms with Crippen molar-refractivity contribution < 1.29 is 4.79 Å². The minimum absolute atomic E-state index is 0.132. The molecule has 8 heteroatoms. The molecule has 148 valence electrons. The van der Waals surface area contributed by atoms with Crippen molar-refractivity contribution in [2.45, 2.75) is 32.9 Å². The normalized spacial score (nSPS) is 13.8. The first kappa shape index (κ1) is 17.7. The number of carbonyl (C=O) groups excluding carboxylic acids is 1. The Kier molecular flexibility index (Phi) is 4.19. The lowest BCUT2D eigenvalue weighted by atomic mass is 10.0. The first-order valence-electron chi connectivity index (χ1n) is 9.91. The maximum atomic E-state index is 13.1. The van der Waals surface area contributed by atoms with Crippen LogP contribution in [0.5, 0.6) is 0 Å². The Balaban J connectivity index is 1.42. The van der Waals surface area contributed by atoms with Gasteiger partial charge in [-0.1, -0.05) is 18.2 Å². The standard InChI is InChI=1S/C21H23N7O/c1-3-27-13-23-24-21(27)20-16-12-28(9-8-18(16)26(2)25-20)19(29)10-14-11-22-17-7-5-4-6-15(14)17/h4-7,11,13,22H,3,8-10,12H2,1-2H3. The third kappa shape index (κ3) is 2.91. The van der Waals surface area contributed by atoms with Crippen molar-refractivity contribution in [1.82, 2.24) is 34.4 Å². The average molecular weight is 389 g/mol. The third-order valence-corrected chi connectivity index (χ3v) is 5.78. The Morgan fingerprint density at radius 3 is 3.00 bits per heavy atom. The number of rotatable bonds is 4. The van der Waals surface area contributed by atoms with Gasteiger partial charge in [0.25, 0.3) is 0 Å². The van der Waals surface area contributed by atoms with Gasteiger partial charge in [-0.3, -0.25) is 9.48 Å². The second-order valence-corrected chi connectivity index (χ2v) is 7.44. The fourth-order valence-electron chi connectivity index (χ4n) is 4.21. The highest BCUT2D eigenvalue weighted by Gasteiger charge is 2.29. The summed E-state index contributed by atoms with van der Waals surface area (Å²) in [7, 11) is 1.96. The second kappa shape index (κ2) is 6.88. The summed E-state index contributed by atoms with van der Waals surface area (Å²) in [6.07, 6.45) is 4.84. The number of benzene rings is 1. The summed E-state index contributed by atoms with van der Waals surface area (Å²) < 4.78 is 3.90. The lowest BCUT2D eigenvalue weighted by Gasteiger charge is -2.27. The number of aryl methyl sites for hydroxylation is 2. The Morgan fingerprint density at radius 1 is 1.28 bits per heavy atom. The van der Waals surface area contributed by atoms with Crippen LogP contribution in [0.3, 0.4) is 0 Å². The molecule has 0 aliphatic carbocycles. The number of hydrogen-bond donors (Lipinski definition) is 1. The molecule has 0 spiro atoms. The van der Waals surface area contributed by atoms with Gasteiger partial charge in [0.2, 0.25) is 5.91 Å². The molecule has 1 N–H and O–H groups in total. The van der Waals surface area contributed by atoms with E-state index in [-0.39, 0.29) is 5.91 Å². The molecule has 5 rings (SSSR count). The SMILES string of the molecule is CCn1cnnc1-c1nn(C)c2c1CN(C(=O)Cc1c[nH]c3ccccc13)CC2. The quantitative estimate of drug-likeness (QED) is 0.580. The number of fused-ring (bicyclic) bond motifs is 2. The molecule has 8 nitrogen and oxygen atoms in total. The summed E-state index contributed by atoms with van der Waals surface area (Å²) in [5.74, 6) is 0.891. The fourth-order valence-corrected chi connectivity index (χ4v) is 4.21. The van der Waals surface area contributed by atoms with Gasteiger partial charge in [0.15, 0.2) is 5.82 Å². The minimum atomic E-state index is 0.132. The first-order chi connectivity index (χ1) is 14.2. The zero-order valence-corrected chi connectivity index (χ0v) is 16.6. The van der Waals surface area contributed by atoms with Crippen LogP contribution in [0.1, 0.15) is 23.7 Å². The van der Waals surface area contributed by atoms with Crippen LogP contribution in [0.2, 0.25) is 0 Å². The molecule has 4 aromatic rings. The zero-order chi connectivity index (χ0) is 20.0. The number of carbonyl (C=O) groups is 1. The summed E-state index contributed by atoms with van der Waals surface area (Å²) in [4.78, 5) is 18.3. The van der Waals surface area contributed by atoms with E-state index in [1.54, 1.807) is 6.33 Å². The van der Waals surface area contributed by atoms with Gasteiger partial charge in [-0.05, 0) is 18.6 Å². The highest BCUT2D eigenvalue weighted by molar-refractivity contribution is 5.89. The van der Waals surface area contributed by atoms with Crippen LogP contribution in [0.15, 0.2) is 36.8 Å².